The molecule has 7 heteroatoms. The van der Waals surface area contributed by atoms with E-state index in [0.29, 0.717) is 24.2 Å². The Morgan fingerprint density at radius 2 is 2.62 bits per heavy atom. The van der Waals surface area contributed by atoms with E-state index in [1.807, 2.05) is 0 Å². The van der Waals surface area contributed by atoms with Gasteiger partial charge in [0.1, 0.15) is 0 Å². The van der Waals surface area contributed by atoms with Crippen molar-refractivity contribution >= 4 is 12.0 Å². The van der Waals surface area contributed by atoms with E-state index < -0.39 is 5.97 Å². The van der Waals surface area contributed by atoms with E-state index in [-0.39, 0.29) is 0 Å². The number of nitrogens with one attached hydrogen (secondary N) is 1. The standard InChI is InChI=1S/C9H11N5O2/c1-16-9(15)8-7(6-12-13-8)4-2-3-5-11-14-10/h2,4,6H,3,5H2,1H3,(H,12,13). The second-order valence-electron chi connectivity index (χ2n) is 2.84. The van der Waals surface area contributed by atoms with Gasteiger partial charge in [0.25, 0.3) is 0 Å². The molecule has 0 unspecified atom stereocenters. The summed E-state index contributed by atoms with van der Waals surface area (Å²) < 4.78 is 4.57. The Balaban J connectivity index is 2.63. The van der Waals surface area contributed by atoms with E-state index in [1.54, 1.807) is 12.2 Å². The highest BCUT2D eigenvalue weighted by Gasteiger charge is 2.11. The molecule has 0 aromatic carbocycles. The molecule has 0 saturated carbocycles. The van der Waals surface area contributed by atoms with Crippen LogP contribution in [0.2, 0.25) is 0 Å². The summed E-state index contributed by atoms with van der Waals surface area (Å²) in [6.45, 7) is 0.387. The van der Waals surface area contributed by atoms with E-state index in [1.165, 1.54) is 13.3 Å². The molecule has 0 amide bonds. The maximum atomic E-state index is 11.2. The third kappa shape index (κ3) is 3.14. The van der Waals surface area contributed by atoms with Crippen LogP contribution in [0.3, 0.4) is 0 Å². The van der Waals surface area contributed by atoms with Gasteiger partial charge in [0.05, 0.1) is 13.3 Å². The summed E-state index contributed by atoms with van der Waals surface area (Å²) in [5.41, 5.74) is 9.01. The van der Waals surface area contributed by atoms with Crippen LogP contribution in [-0.4, -0.2) is 29.8 Å². The number of hydrogen-bond acceptors (Lipinski definition) is 4. The number of H-pyrrole nitrogens is 1. The first-order chi connectivity index (χ1) is 7.79. The molecule has 0 spiro atoms. The number of aromatic amines is 1. The Kier molecular flexibility index (Phi) is 4.62. The lowest BCUT2D eigenvalue weighted by molar-refractivity contribution is 0.0594. The smallest absolute Gasteiger partial charge is 0.356 e. The van der Waals surface area contributed by atoms with E-state index in [9.17, 15) is 4.79 Å². The zero-order valence-electron chi connectivity index (χ0n) is 8.75. The van der Waals surface area contributed by atoms with Gasteiger partial charge in [-0.1, -0.05) is 17.3 Å². The molecule has 0 atom stereocenters. The van der Waals surface area contributed by atoms with Gasteiger partial charge in [-0.3, -0.25) is 5.10 Å². The lowest BCUT2D eigenvalue weighted by Crippen LogP contribution is -2.03. The average Bonchev–Trinajstić information content (AvgIpc) is 2.76. The van der Waals surface area contributed by atoms with Crippen LogP contribution >= 0.6 is 0 Å². The fraction of sp³-hybridized carbons (Fsp3) is 0.333. The van der Waals surface area contributed by atoms with Crippen LogP contribution in [-0.2, 0) is 4.74 Å². The van der Waals surface area contributed by atoms with Crippen LogP contribution < -0.4 is 0 Å². The summed E-state index contributed by atoms with van der Waals surface area (Å²) >= 11 is 0. The molecule has 1 aromatic heterocycles. The predicted octanol–water partition coefficient (Wildman–Crippen LogP) is 1.91. The number of rotatable bonds is 5. The zero-order valence-corrected chi connectivity index (χ0v) is 8.75. The molecule has 0 aliphatic heterocycles. The van der Waals surface area contributed by atoms with E-state index in [4.69, 9.17) is 5.53 Å². The number of nitrogens with zero attached hydrogens (tertiary/aromatic N) is 4. The molecule has 1 heterocycles. The molecule has 0 bridgehead atoms. The highest BCUT2D eigenvalue weighted by molar-refractivity contribution is 5.91. The van der Waals surface area contributed by atoms with Crippen molar-refractivity contribution in [3.63, 3.8) is 0 Å². The maximum absolute atomic E-state index is 11.2. The Hall–Kier alpha value is -2.27. The molecule has 0 aliphatic carbocycles. The number of methoxy groups -OCH3 is 1. The van der Waals surface area contributed by atoms with Crippen molar-refractivity contribution in [2.24, 2.45) is 5.11 Å². The van der Waals surface area contributed by atoms with Crippen molar-refractivity contribution in [2.45, 2.75) is 6.42 Å². The van der Waals surface area contributed by atoms with Gasteiger partial charge in [0.2, 0.25) is 0 Å². The summed E-state index contributed by atoms with van der Waals surface area (Å²) in [6.07, 6.45) is 5.65. The largest absolute Gasteiger partial charge is 0.464 e. The fourth-order valence-corrected chi connectivity index (χ4v) is 1.07. The molecule has 0 saturated heterocycles. The van der Waals surface area contributed by atoms with E-state index >= 15 is 0 Å². The molecule has 1 rings (SSSR count). The average molecular weight is 221 g/mol. The second kappa shape index (κ2) is 6.26. The minimum atomic E-state index is -0.466. The topological polar surface area (TPSA) is 104 Å². The molecule has 0 fully saturated rings. The monoisotopic (exact) mass is 221 g/mol. The second-order valence-corrected chi connectivity index (χ2v) is 2.84. The van der Waals surface area contributed by atoms with Crippen molar-refractivity contribution in [3.8, 4) is 0 Å². The minimum Gasteiger partial charge on any atom is -0.464 e. The van der Waals surface area contributed by atoms with Crippen molar-refractivity contribution in [2.75, 3.05) is 13.7 Å². The molecule has 7 nitrogen and oxygen atoms in total. The number of hydrogen-bond donors (Lipinski definition) is 1. The van der Waals surface area contributed by atoms with Gasteiger partial charge >= 0.3 is 5.97 Å². The summed E-state index contributed by atoms with van der Waals surface area (Å²) in [4.78, 5) is 13.9. The van der Waals surface area contributed by atoms with Gasteiger partial charge in [-0.05, 0) is 12.0 Å². The Morgan fingerprint density at radius 3 is 3.31 bits per heavy atom. The Labute approximate surface area is 91.7 Å². The van der Waals surface area contributed by atoms with Crippen LogP contribution in [0, 0.1) is 0 Å². The van der Waals surface area contributed by atoms with Gasteiger partial charge < -0.3 is 4.74 Å². The lowest BCUT2D eigenvalue weighted by atomic mass is 10.2. The molecule has 0 radical (unpaired) electrons. The molecule has 1 aromatic rings. The third-order valence-corrected chi connectivity index (χ3v) is 1.81. The molecular weight excluding hydrogens is 210 g/mol. The highest BCUT2D eigenvalue weighted by atomic mass is 16.5. The van der Waals surface area contributed by atoms with Crippen LogP contribution in [0.5, 0.6) is 0 Å². The molecule has 84 valence electrons. The Bertz CT molecular complexity index is 431. The molecule has 0 aliphatic rings. The normalized spacial score (nSPS) is 10.1. The van der Waals surface area contributed by atoms with Crippen LogP contribution in [0.15, 0.2) is 17.4 Å². The number of esters is 1. The number of azide groups is 1. The number of carbonyl (C=O) groups excluding carboxylic acids is 1. The summed E-state index contributed by atoms with van der Waals surface area (Å²) in [5.74, 6) is -0.466. The fourth-order valence-electron chi connectivity index (χ4n) is 1.07. The van der Waals surface area contributed by atoms with E-state index in [2.05, 4.69) is 25.0 Å². The van der Waals surface area contributed by atoms with Gasteiger partial charge in [-0.15, -0.1) is 0 Å². The molecule has 16 heavy (non-hydrogen) atoms. The molecule has 1 N–H and O–H groups in total. The summed E-state index contributed by atoms with van der Waals surface area (Å²) in [5, 5.41) is 9.68. The lowest BCUT2D eigenvalue weighted by Gasteiger charge is -1.95. The third-order valence-electron chi connectivity index (χ3n) is 1.81. The molecular formula is C9H11N5O2. The number of ether oxygens (including phenoxy) is 1. The van der Waals surface area contributed by atoms with Crippen molar-refractivity contribution in [3.05, 3.63) is 34.0 Å². The van der Waals surface area contributed by atoms with Crippen LogP contribution in [0.1, 0.15) is 22.5 Å². The van der Waals surface area contributed by atoms with Gasteiger partial charge in [-0.25, -0.2) is 4.79 Å². The zero-order chi connectivity index (χ0) is 11.8. The van der Waals surface area contributed by atoms with E-state index in [0.717, 1.165) is 0 Å². The first-order valence-electron chi connectivity index (χ1n) is 4.58. The number of aromatic nitrogens is 2. The highest BCUT2D eigenvalue weighted by Crippen LogP contribution is 2.08. The maximum Gasteiger partial charge on any atom is 0.356 e. The quantitative estimate of drug-likeness (QED) is 0.270. The number of carbonyl (C=O) groups is 1. The van der Waals surface area contributed by atoms with Crippen molar-refractivity contribution < 1.29 is 9.53 Å². The first kappa shape index (κ1) is 11.8. The summed E-state index contributed by atoms with van der Waals surface area (Å²) in [6, 6.07) is 0. The van der Waals surface area contributed by atoms with Gasteiger partial charge in [0.15, 0.2) is 5.69 Å². The van der Waals surface area contributed by atoms with Crippen LogP contribution in [0.4, 0.5) is 0 Å². The van der Waals surface area contributed by atoms with Crippen molar-refractivity contribution in [1.29, 1.82) is 0 Å². The van der Waals surface area contributed by atoms with Crippen LogP contribution in [0.25, 0.3) is 16.5 Å². The summed E-state index contributed by atoms with van der Waals surface area (Å²) in [7, 11) is 1.30. The van der Waals surface area contributed by atoms with Gasteiger partial charge in [0, 0.05) is 17.0 Å². The Morgan fingerprint density at radius 1 is 1.81 bits per heavy atom. The SMILES string of the molecule is COC(=O)c1[nH]ncc1C=CCCN=[N+]=[N-]. The predicted molar refractivity (Wildman–Crippen MR) is 57.6 cm³/mol. The van der Waals surface area contributed by atoms with Crippen molar-refractivity contribution in [1.82, 2.24) is 10.2 Å². The first-order valence-corrected chi connectivity index (χ1v) is 4.58. The van der Waals surface area contributed by atoms with Gasteiger partial charge in [-0.2, -0.15) is 5.10 Å². The minimum absolute atomic E-state index is 0.308.